The SMILES string of the molecule is O=[N+]([O-])c1ccc(C=C2CCCC3C2=NN(c2ccccc2)C3c2ccc([N+](=O)[O-])cc2)cc1. The van der Waals surface area contributed by atoms with Crippen molar-refractivity contribution in [3.8, 4) is 0 Å². The fourth-order valence-corrected chi connectivity index (χ4v) is 4.82. The minimum absolute atomic E-state index is 0.0652. The Morgan fingerprint density at radius 1 is 0.853 bits per heavy atom. The lowest BCUT2D eigenvalue weighted by molar-refractivity contribution is -0.385. The molecule has 1 heterocycles. The van der Waals surface area contributed by atoms with Gasteiger partial charge in [0.1, 0.15) is 0 Å². The first-order chi connectivity index (χ1) is 16.5. The van der Waals surface area contributed by atoms with E-state index in [1.807, 2.05) is 47.5 Å². The molecule has 1 fully saturated rings. The largest absolute Gasteiger partial charge is 0.269 e. The molecular weight excluding hydrogens is 432 g/mol. The highest BCUT2D eigenvalue weighted by Gasteiger charge is 2.41. The van der Waals surface area contributed by atoms with Crippen LogP contribution in [0.1, 0.15) is 36.4 Å². The molecule has 1 aliphatic carbocycles. The van der Waals surface area contributed by atoms with Gasteiger partial charge in [-0.2, -0.15) is 5.10 Å². The summed E-state index contributed by atoms with van der Waals surface area (Å²) in [5.41, 5.74) is 5.10. The van der Waals surface area contributed by atoms with Gasteiger partial charge in [-0.1, -0.05) is 30.3 Å². The Balaban J connectivity index is 1.54. The topological polar surface area (TPSA) is 102 Å². The quantitative estimate of drug-likeness (QED) is 0.332. The minimum atomic E-state index is -0.402. The number of non-ortho nitro benzene ring substituents is 2. The molecular formula is C26H22N4O4. The molecule has 34 heavy (non-hydrogen) atoms. The molecule has 2 atom stereocenters. The number of nitrogens with zero attached hydrogens (tertiary/aromatic N) is 4. The molecule has 2 unspecified atom stereocenters. The Bertz CT molecular complexity index is 1280. The number of nitro groups is 2. The van der Waals surface area contributed by atoms with Crippen LogP contribution < -0.4 is 5.01 Å². The zero-order chi connectivity index (χ0) is 23.7. The molecule has 0 amide bonds. The average Bonchev–Trinajstić information content (AvgIpc) is 3.26. The summed E-state index contributed by atoms with van der Waals surface area (Å²) in [4.78, 5) is 21.3. The molecule has 3 aromatic rings. The third kappa shape index (κ3) is 4.05. The summed E-state index contributed by atoms with van der Waals surface area (Å²) in [6.45, 7) is 0. The molecule has 0 bridgehead atoms. The second kappa shape index (κ2) is 8.90. The predicted octanol–water partition coefficient (Wildman–Crippen LogP) is 6.30. The number of fused-ring (bicyclic) bond motifs is 1. The monoisotopic (exact) mass is 454 g/mol. The molecule has 5 rings (SSSR count). The number of nitro benzene ring substituents is 2. The molecule has 0 spiro atoms. The number of para-hydroxylation sites is 1. The summed E-state index contributed by atoms with van der Waals surface area (Å²) in [5, 5.41) is 29.2. The Kier molecular flexibility index (Phi) is 5.63. The number of anilines is 1. The van der Waals surface area contributed by atoms with Crippen molar-refractivity contribution in [1.82, 2.24) is 0 Å². The summed E-state index contributed by atoms with van der Waals surface area (Å²) < 4.78 is 0. The lowest BCUT2D eigenvalue weighted by atomic mass is 9.77. The number of hydrazone groups is 1. The molecule has 0 radical (unpaired) electrons. The third-order valence-electron chi connectivity index (χ3n) is 6.41. The maximum Gasteiger partial charge on any atom is 0.269 e. The maximum absolute atomic E-state index is 11.1. The number of benzene rings is 3. The van der Waals surface area contributed by atoms with Crippen LogP contribution in [0.4, 0.5) is 17.1 Å². The van der Waals surface area contributed by atoms with Crippen LogP contribution in [0.2, 0.25) is 0 Å². The van der Waals surface area contributed by atoms with Crippen LogP contribution in [0, 0.1) is 26.1 Å². The van der Waals surface area contributed by atoms with Gasteiger partial charge in [0.15, 0.2) is 0 Å². The Hall–Kier alpha value is -4.33. The van der Waals surface area contributed by atoms with Crippen molar-refractivity contribution in [2.75, 3.05) is 5.01 Å². The number of allylic oxidation sites excluding steroid dienone is 1. The zero-order valence-corrected chi connectivity index (χ0v) is 18.3. The van der Waals surface area contributed by atoms with E-state index in [4.69, 9.17) is 5.10 Å². The standard InChI is InChI=1S/C26H22N4O4/c31-29(32)22-13-9-18(10-14-22)17-20-5-4-8-24-25(20)27-28(21-6-2-1-3-7-21)26(24)19-11-15-23(16-12-19)30(33)34/h1-3,6-7,9-17,24,26H,4-5,8H2. The molecule has 2 aliphatic rings. The highest BCUT2D eigenvalue weighted by atomic mass is 16.6. The van der Waals surface area contributed by atoms with E-state index in [0.717, 1.165) is 47.4 Å². The van der Waals surface area contributed by atoms with Crippen molar-refractivity contribution < 1.29 is 9.85 Å². The summed E-state index contributed by atoms with van der Waals surface area (Å²) in [6.07, 6.45) is 4.90. The molecule has 1 aliphatic heterocycles. The molecule has 0 N–H and O–H groups in total. The van der Waals surface area contributed by atoms with Gasteiger partial charge in [-0.25, -0.2) is 0 Å². The van der Waals surface area contributed by atoms with Crippen molar-refractivity contribution in [3.63, 3.8) is 0 Å². The van der Waals surface area contributed by atoms with Crippen molar-refractivity contribution in [2.45, 2.75) is 25.3 Å². The van der Waals surface area contributed by atoms with E-state index in [0.29, 0.717) is 0 Å². The van der Waals surface area contributed by atoms with Gasteiger partial charge in [-0.15, -0.1) is 0 Å². The van der Waals surface area contributed by atoms with Gasteiger partial charge in [0.25, 0.3) is 11.4 Å². The van der Waals surface area contributed by atoms with Gasteiger partial charge in [-0.3, -0.25) is 25.2 Å². The smallest absolute Gasteiger partial charge is 0.258 e. The first-order valence-electron chi connectivity index (χ1n) is 11.1. The lowest BCUT2D eigenvalue weighted by Crippen LogP contribution is -2.28. The lowest BCUT2D eigenvalue weighted by Gasteiger charge is -2.30. The maximum atomic E-state index is 11.1. The van der Waals surface area contributed by atoms with Crippen LogP contribution in [0.5, 0.6) is 0 Å². The van der Waals surface area contributed by atoms with Gasteiger partial charge in [0, 0.05) is 30.2 Å². The Labute approximate surface area is 196 Å². The fraction of sp³-hybridized carbons (Fsp3) is 0.192. The van der Waals surface area contributed by atoms with Gasteiger partial charge in [-0.05, 0) is 66.3 Å². The van der Waals surface area contributed by atoms with E-state index < -0.39 is 4.92 Å². The Morgan fingerprint density at radius 3 is 2.09 bits per heavy atom. The average molecular weight is 454 g/mol. The highest BCUT2D eigenvalue weighted by molar-refractivity contribution is 6.08. The van der Waals surface area contributed by atoms with Gasteiger partial charge in [0.05, 0.1) is 27.3 Å². The molecule has 8 heteroatoms. The summed E-state index contributed by atoms with van der Waals surface area (Å²) in [6, 6.07) is 23.1. The van der Waals surface area contributed by atoms with Crippen molar-refractivity contribution in [3.05, 3.63) is 116 Å². The summed E-state index contributed by atoms with van der Waals surface area (Å²) >= 11 is 0. The molecule has 170 valence electrons. The van der Waals surface area contributed by atoms with E-state index in [-0.39, 0.29) is 28.3 Å². The molecule has 0 aromatic heterocycles. The van der Waals surface area contributed by atoms with E-state index in [2.05, 4.69) is 6.08 Å². The first kappa shape index (κ1) is 21.5. The summed E-state index contributed by atoms with van der Waals surface area (Å²) in [7, 11) is 0. The van der Waals surface area contributed by atoms with Crippen LogP contribution in [-0.2, 0) is 0 Å². The molecule has 1 saturated carbocycles. The highest BCUT2D eigenvalue weighted by Crippen LogP contribution is 2.46. The first-order valence-corrected chi connectivity index (χ1v) is 11.1. The second-order valence-corrected chi connectivity index (χ2v) is 8.48. The number of hydrogen-bond acceptors (Lipinski definition) is 6. The minimum Gasteiger partial charge on any atom is -0.258 e. The van der Waals surface area contributed by atoms with Crippen LogP contribution >= 0.6 is 0 Å². The number of rotatable bonds is 5. The van der Waals surface area contributed by atoms with E-state index in [9.17, 15) is 20.2 Å². The van der Waals surface area contributed by atoms with E-state index in [1.165, 1.54) is 12.1 Å². The second-order valence-electron chi connectivity index (χ2n) is 8.48. The normalized spacial score (nSPS) is 20.6. The molecule has 0 saturated heterocycles. The van der Waals surface area contributed by atoms with Crippen molar-refractivity contribution in [2.24, 2.45) is 11.0 Å². The van der Waals surface area contributed by atoms with Gasteiger partial charge >= 0.3 is 0 Å². The van der Waals surface area contributed by atoms with Crippen molar-refractivity contribution >= 4 is 28.8 Å². The van der Waals surface area contributed by atoms with Crippen LogP contribution in [0.3, 0.4) is 0 Å². The zero-order valence-electron chi connectivity index (χ0n) is 18.3. The predicted molar refractivity (Wildman–Crippen MR) is 131 cm³/mol. The Morgan fingerprint density at radius 2 is 1.47 bits per heavy atom. The van der Waals surface area contributed by atoms with E-state index >= 15 is 0 Å². The third-order valence-corrected chi connectivity index (χ3v) is 6.41. The van der Waals surface area contributed by atoms with Crippen LogP contribution in [0.15, 0.2) is 89.5 Å². The molecule has 3 aromatic carbocycles. The van der Waals surface area contributed by atoms with Gasteiger partial charge in [0.2, 0.25) is 0 Å². The van der Waals surface area contributed by atoms with Gasteiger partial charge < -0.3 is 0 Å². The van der Waals surface area contributed by atoms with Crippen LogP contribution in [0.25, 0.3) is 6.08 Å². The fourth-order valence-electron chi connectivity index (χ4n) is 4.82. The van der Waals surface area contributed by atoms with Crippen LogP contribution in [-0.4, -0.2) is 15.6 Å². The van der Waals surface area contributed by atoms with Crippen molar-refractivity contribution in [1.29, 1.82) is 0 Å². The van der Waals surface area contributed by atoms with E-state index in [1.54, 1.807) is 24.3 Å². The summed E-state index contributed by atoms with van der Waals surface area (Å²) in [5.74, 6) is 0.139. The molecule has 8 nitrogen and oxygen atoms in total. The number of hydrogen-bond donors (Lipinski definition) is 0.